The molecule has 0 unspecified atom stereocenters. The SMILES string of the molecule is NC(=O)N1CCC(Nc2ccc(-c3ccn[nH]3)cc2)CC1. The zero-order valence-corrected chi connectivity index (χ0v) is 11.7. The Morgan fingerprint density at radius 1 is 1.24 bits per heavy atom. The molecule has 6 heteroatoms. The van der Waals surface area contributed by atoms with Gasteiger partial charge in [0, 0.05) is 31.0 Å². The molecule has 0 spiro atoms. The van der Waals surface area contributed by atoms with Crippen molar-refractivity contribution in [2.24, 2.45) is 5.73 Å². The summed E-state index contributed by atoms with van der Waals surface area (Å²) in [5, 5.41) is 10.4. The molecule has 1 aromatic heterocycles. The molecule has 0 bridgehead atoms. The summed E-state index contributed by atoms with van der Waals surface area (Å²) in [5.74, 6) is 0. The molecular formula is C15H19N5O. The lowest BCUT2D eigenvalue weighted by Crippen LogP contribution is -2.44. The maximum atomic E-state index is 11.1. The minimum atomic E-state index is -0.322. The molecule has 1 fully saturated rings. The van der Waals surface area contributed by atoms with Crippen LogP contribution in [0.3, 0.4) is 0 Å². The third-order valence-electron chi connectivity index (χ3n) is 3.87. The van der Waals surface area contributed by atoms with Gasteiger partial charge < -0.3 is 16.0 Å². The number of hydrogen-bond donors (Lipinski definition) is 3. The monoisotopic (exact) mass is 285 g/mol. The Morgan fingerprint density at radius 3 is 2.52 bits per heavy atom. The van der Waals surface area contributed by atoms with Crippen LogP contribution in [0, 0.1) is 0 Å². The van der Waals surface area contributed by atoms with Crippen LogP contribution in [0.25, 0.3) is 11.3 Å². The van der Waals surface area contributed by atoms with Crippen LogP contribution in [-0.2, 0) is 0 Å². The standard InChI is InChI=1S/C15H19N5O/c16-15(21)20-9-6-13(7-10-20)18-12-3-1-11(2-4-12)14-5-8-17-19-14/h1-5,8,13,18H,6-7,9-10H2,(H2,16,21)(H,17,19). The van der Waals surface area contributed by atoms with Crippen LogP contribution in [0.5, 0.6) is 0 Å². The second-order valence-corrected chi connectivity index (χ2v) is 5.29. The lowest BCUT2D eigenvalue weighted by Gasteiger charge is -2.31. The first-order chi connectivity index (χ1) is 10.2. The molecule has 1 aliphatic heterocycles. The summed E-state index contributed by atoms with van der Waals surface area (Å²) >= 11 is 0. The van der Waals surface area contributed by atoms with E-state index >= 15 is 0 Å². The van der Waals surface area contributed by atoms with Crippen LogP contribution >= 0.6 is 0 Å². The van der Waals surface area contributed by atoms with Crippen molar-refractivity contribution in [3.63, 3.8) is 0 Å². The zero-order chi connectivity index (χ0) is 14.7. The van der Waals surface area contributed by atoms with Crippen molar-refractivity contribution >= 4 is 11.7 Å². The maximum Gasteiger partial charge on any atom is 0.314 e. The van der Waals surface area contributed by atoms with Crippen molar-refractivity contribution in [1.82, 2.24) is 15.1 Å². The first-order valence-electron chi connectivity index (χ1n) is 7.13. The highest BCUT2D eigenvalue weighted by Gasteiger charge is 2.20. The summed E-state index contributed by atoms with van der Waals surface area (Å²) in [6.45, 7) is 1.44. The number of amides is 2. The van der Waals surface area contributed by atoms with Gasteiger partial charge in [-0.3, -0.25) is 5.10 Å². The number of anilines is 1. The van der Waals surface area contributed by atoms with E-state index in [0.29, 0.717) is 6.04 Å². The molecule has 0 radical (unpaired) electrons. The number of nitrogens with zero attached hydrogens (tertiary/aromatic N) is 2. The molecule has 21 heavy (non-hydrogen) atoms. The molecule has 1 saturated heterocycles. The Labute approximate surface area is 123 Å². The lowest BCUT2D eigenvalue weighted by molar-refractivity contribution is 0.193. The molecule has 2 aromatic rings. The van der Waals surface area contributed by atoms with Crippen molar-refractivity contribution in [2.75, 3.05) is 18.4 Å². The number of carbonyl (C=O) groups excluding carboxylic acids is 1. The van der Waals surface area contributed by atoms with Crippen LogP contribution in [0.2, 0.25) is 0 Å². The largest absolute Gasteiger partial charge is 0.382 e. The first-order valence-corrected chi connectivity index (χ1v) is 7.13. The summed E-state index contributed by atoms with van der Waals surface area (Å²) in [6.07, 6.45) is 3.59. The van der Waals surface area contributed by atoms with E-state index in [-0.39, 0.29) is 6.03 Å². The molecule has 0 saturated carbocycles. The molecule has 2 heterocycles. The average Bonchev–Trinajstić information content (AvgIpc) is 3.03. The summed E-state index contributed by atoms with van der Waals surface area (Å²) in [4.78, 5) is 12.8. The van der Waals surface area contributed by atoms with E-state index in [2.05, 4.69) is 39.8 Å². The molecule has 2 amide bonds. The van der Waals surface area contributed by atoms with Gasteiger partial charge >= 0.3 is 6.03 Å². The fourth-order valence-corrected chi connectivity index (χ4v) is 2.64. The number of aromatic nitrogens is 2. The normalized spacial score (nSPS) is 15.9. The van der Waals surface area contributed by atoms with Crippen LogP contribution in [0.15, 0.2) is 36.5 Å². The summed E-state index contributed by atoms with van der Waals surface area (Å²) in [5.41, 5.74) is 8.50. The topological polar surface area (TPSA) is 87.0 Å². The Hall–Kier alpha value is -2.50. The number of rotatable bonds is 3. The fraction of sp³-hybridized carbons (Fsp3) is 0.333. The molecular weight excluding hydrogens is 266 g/mol. The highest BCUT2D eigenvalue weighted by Crippen LogP contribution is 2.21. The number of hydrogen-bond acceptors (Lipinski definition) is 3. The van der Waals surface area contributed by atoms with E-state index in [4.69, 9.17) is 5.73 Å². The molecule has 0 atom stereocenters. The summed E-state index contributed by atoms with van der Waals surface area (Å²) < 4.78 is 0. The van der Waals surface area contributed by atoms with Gasteiger partial charge in [0.1, 0.15) is 0 Å². The number of nitrogens with one attached hydrogen (secondary N) is 2. The average molecular weight is 285 g/mol. The van der Waals surface area contributed by atoms with E-state index in [1.165, 1.54) is 0 Å². The smallest absolute Gasteiger partial charge is 0.314 e. The number of H-pyrrole nitrogens is 1. The lowest BCUT2D eigenvalue weighted by atomic mass is 10.0. The van der Waals surface area contributed by atoms with Crippen LogP contribution < -0.4 is 11.1 Å². The quantitative estimate of drug-likeness (QED) is 0.806. The van der Waals surface area contributed by atoms with E-state index in [0.717, 1.165) is 42.9 Å². The number of likely N-dealkylation sites (tertiary alicyclic amines) is 1. The molecule has 0 aliphatic carbocycles. The zero-order valence-electron chi connectivity index (χ0n) is 11.7. The highest BCUT2D eigenvalue weighted by atomic mass is 16.2. The van der Waals surface area contributed by atoms with Gasteiger partial charge in [-0.25, -0.2) is 4.79 Å². The van der Waals surface area contributed by atoms with Gasteiger partial charge in [0.25, 0.3) is 0 Å². The Morgan fingerprint density at radius 2 is 1.95 bits per heavy atom. The van der Waals surface area contributed by atoms with Gasteiger partial charge in [0.15, 0.2) is 0 Å². The molecule has 3 rings (SSSR count). The van der Waals surface area contributed by atoms with E-state index in [9.17, 15) is 4.79 Å². The third kappa shape index (κ3) is 3.16. The van der Waals surface area contributed by atoms with E-state index in [1.54, 1.807) is 11.1 Å². The molecule has 1 aromatic carbocycles. The van der Waals surface area contributed by atoms with Gasteiger partial charge in [-0.05, 0) is 36.6 Å². The molecule has 1 aliphatic rings. The molecule has 110 valence electrons. The Bertz CT molecular complexity index is 585. The van der Waals surface area contributed by atoms with Crippen molar-refractivity contribution in [3.05, 3.63) is 36.5 Å². The third-order valence-corrected chi connectivity index (χ3v) is 3.87. The Balaban J connectivity index is 1.58. The predicted octanol–water partition coefficient (Wildman–Crippen LogP) is 2.03. The highest BCUT2D eigenvalue weighted by molar-refractivity contribution is 5.72. The van der Waals surface area contributed by atoms with Gasteiger partial charge in [-0.2, -0.15) is 5.10 Å². The predicted molar refractivity (Wildman–Crippen MR) is 81.8 cm³/mol. The fourth-order valence-electron chi connectivity index (χ4n) is 2.64. The second-order valence-electron chi connectivity index (χ2n) is 5.29. The van der Waals surface area contributed by atoms with Crippen LogP contribution in [0.4, 0.5) is 10.5 Å². The van der Waals surface area contributed by atoms with Gasteiger partial charge in [-0.15, -0.1) is 0 Å². The summed E-state index contributed by atoms with van der Waals surface area (Å²) in [7, 11) is 0. The van der Waals surface area contributed by atoms with Crippen molar-refractivity contribution in [3.8, 4) is 11.3 Å². The minimum absolute atomic E-state index is 0.322. The summed E-state index contributed by atoms with van der Waals surface area (Å²) in [6, 6.07) is 10.3. The minimum Gasteiger partial charge on any atom is -0.382 e. The van der Waals surface area contributed by atoms with Crippen LogP contribution in [-0.4, -0.2) is 40.3 Å². The maximum absolute atomic E-state index is 11.1. The molecule has 6 nitrogen and oxygen atoms in total. The van der Waals surface area contributed by atoms with Crippen LogP contribution in [0.1, 0.15) is 12.8 Å². The van der Waals surface area contributed by atoms with Crippen molar-refractivity contribution in [2.45, 2.75) is 18.9 Å². The van der Waals surface area contributed by atoms with Gasteiger partial charge in [-0.1, -0.05) is 12.1 Å². The van der Waals surface area contributed by atoms with Crippen molar-refractivity contribution in [1.29, 1.82) is 0 Å². The number of urea groups is 1. The second kappa shape index (κ2) is 5.87. The number of primary amides is 1. The first kappa shape index (κ1) is 13.5. The van der Waals surface area contributed by atoms with E-state index < -0.39 is 0 Å². The van der Waals surface area contributed by atoms with Gasteiger partial charge in [0.05, 0.1) is 5.69 Å². The molecule has 4 N–H and O–H groups in total. The van der Waals surface area contributed by atoms with Gasteiger partial charge in [0.2, 0.25) is 0 Å². The number of piperidine rings is 1. The number of nitrogens with two attached hydrogens (primary N) is 1. The van der Waals surface area contributed by atoms with E-state index in [1.807, 2.05) is 6.07 Å². The Kier molecular flexibility index (Phi) is 3.77. The number of aromatic amines is 1. The number of benzene rings is 1. The number of carbonyl (C=O) groups is 1. The van der Waals surface area contributed by atoms with Crippen molar-refractivity contribution < 1.29 is 4.79 Å².